The maximum Gasteiger partial charge on any atom is 0.323 e. The van der Waals surface area contributed by atoms with Crippen molar-refractivity contribution in [2.24, 2.45) is 0 Å². The number of hydrogen-bond acceptors (Lipinski definition) is 4. The van der Waals surface area contributed by atoms with Crippen LogP contribution in [0, 0.1) is 0 Å². The van der Waals surface area contributed by atoms with Crippen molar-refractivity contribution in [3.05, 3.63) is 58.7 Å². The predicted molar refractivity (Wildman–Crippen MR) is 118 cm³/mol. The fourth-order valence-electron chi connectivity index (χ4n) is 3.73. The Bertz CT molecular complexity index is 985. The summed E-state index contributed by atoms with van der Waals surface area (Å²) >= 11 is 0. The summed E-state index contributed by atoms with van der Waals surface area (Å²) < 4.78 is 11.1. The molecule has 0 amide bonds. The van der Waals surface area contributed by atoms with Crippen LogP contribution in [0.1, 0.15) is 89.5 Å². The highest BCUT2D eigenvalue weighted by atomic mass is 16.5. The smallest absolute Gasteiger partial charge is 0.323 e. The van der Waals surface area contributed by atoms with E-state index in [9.17, 15) is 9.59 Å². The maximum absolute atomic E-state index is 13.0. The first kappa shape index (κ1) is 22.1. The lowest BCUT2D eigenvalue weighted by Gasteiger charge is -2.26. The van der Waals surface area contributed by atoms with Crippen LogP contribution in [-0.4, -0.2) is 11.9 Å². The van der Waals surface area contributed by atoms with Gasteiger partial charge < -0.3 is 9.47 Å². The molecule has 0 aliphatic carbocycles. The Morgan fingerprint density at radius 1 is 0.933 bits per heavy atom. The van der Waals surface area contributed by atoms with Gasteiger partial charge in [-0.1, -0.05) is 65.8 Å². The third kappa shape index (κ3) is 4.00. The zero-order chi connectivity index (χ0) is 22.3. The van der Waals surface area contributed by atoms with Crippen LogP contribution in [0.25, 0.3) is 0 Å². The quantitative estimate of drug-likeness (QED) is 0.432. The number of ether oxygens (including phenoxy) is 2. The molecule has 1 unspecified atom stereocenters. The summed E-state index contributed by atoms with van der Waals surface area (Å²) in [6.07, 6.45) is 1.92. The highest BCUT2D eigenvalue weighted by molar-refractivity contribution is 5.90. The molecule has 160 valence electrons. The Labute approximate surface area is 179 Å². The monoisotopic (exact) mass is 408 g/mol. The van der Waals surface area contributed by atoms with E-state index >= 15 is 0 Å². The third-order valence-electron chi connectivity index (χ3n) is 6.67. The molecule has 30 heavy (non-hydrogen) atoms. The molecule has 1 aliphatic heterocycles. The predicted octanol–water partition coefficient (Wildman–Crippen LogP) is 6.04. The molecule has 1 atom stereocenters. The molecular weight excluding hydrogens is 376 g/mol. The average molecular weight is 409 g/mol. The van der Waals surface area contributed by atoms with E-state index < -0.39 is 11.9 Å². The number of fused-ring (bicyclic) bond motifs is 1. The second kappa shape index (κ2) is 7.90. The van der Waals surface area contributed by atoms with Gasteiger partial charge in [0, 0.05) is 18.1 Å². The van der Waals surface area contributed by atoms with Crippen molar-refractivity contribution < 1.29 is 19.1 Å². The Kier molecular flexibility index (Phi) is 5.81. The fraction of sp³-hybridized carbons (Fsp3) is 0.462. The Morgan fingerprint density at radius 3 is 2.00 bits per heavy atom. The van der Waals surface area contributed by atoms with Gasteiger partial charge in [-0.25, -0.2) is 0 Å². The molecule has 0 spiro atoms. The molecule has 2 aromatic rings. The van der Waals surface area contributed by atoms with Crippen LogP contribution >= 0.6 is 0 Å². The van der Waals surface area contributed by atoms with E-state index in [-0.39, 0.29) is 16.8 Å². The molecule has 4 nitrogen and oxygen atoms in total. The van der Waals surface area contributed by atoms with Crippen molar-refractivity contribution in [1.29, 1.82) is 0 Å². The number of carbonyl (C=O) groups excluding carboxylic acids is 2. The molecule has 1 heterocycles. The van der Waals surface area contributed by atoms with Gasteiger partial charge in [0.2, 0.25) is 0 Å². The molecule has 0 saturated carbocycles. The maximum atomic E-state index is 13.0. The van der Waals surface area contributed by atoms with Crippen molar-refractivity contribution >= 4 is 11.9 Å². The first-order chi connectivity index (χ1) is 14.0. The number of benzene rings is 2. The van der Waals surface area contributed by atoms with Crippen molar-refractivity contribution in [3.8, 4) is 11.5 Å². The molecule has 3 rings (SSSR count). The van der Waals surface area contributed by atoms with Crippen LogP contribution in [0.2, 0.25) is 0 Å². The van der Waals surface area contributed by atoms with E-state index in [1.54, 1.807) is 6.07 Å². The lowest BCUT2D eigenvalue weighted by Crippen LogP contribution is -2.19. The van der Waals surface area contributed by atoms with E-state index in [1.165, 1.54) is 6.92 Å². The first-order valence-electron chi connectivity index (χ1n) is 10.7. The van der Waals surface area contributed by atoms with Gasteiger partial charge in [-0.3, -0.25) is 9.59 Å². The second-order valence-electron chi connectivity index (χ2n) is 9.43. The summed E-state index contributed by atoms with van der Waals surface area (Å²) in [5.41, 5.74) is 3.68. The average Bonchev–Trinajstić information content (AvgIpc) is 3.02. The topological polar surface area (TPSA) is 52.6 Å². The second-order valence-corrected chi connectivity index (χ2v) is 9.43. The molecule has 0 radical (unpaired) electrons. The van der Waals surface area contributed by atoms with Gasteiger partial charge in [0.15, 0.2) is 0 Å². The normalized spacial score (nSPS) is 16.2. The van der Waals surface area contributed by atoms with Gasteiger partial charge in [-0.15, -0.1) is 0 Å². The molecule has 0 bridgehead atoms. The fourth-order valence-corrected chi connectivity index (χ4v) is 3.73. The minimum atomic E-state index is -0.616. The first-order valence-corrected chi connectivity index (χ1v) is 10.7. The van der Waals surface area contributed by atoms with E-state index in [0.29, 0.717) is 17.1 Å². The van der Waals surface area contributed by atoms with Crippen LogP contribution in [0.5, 0.6) is 11.5 Å². The molecule has 4 heteroatoms. The van der Waals surface area contributed by atoms with Crippen LogP contribution in [0.3, 0.4) is 0 Å². The third-order valence-corrected chi connectivity index (χ3v) is 6.67. The molecule has 0 saturated heterocycles. The van der Waals surface area contributed by atoms with Crippen molar-refractivity contribution in [2.75, 3.05) is 0 Å². The molecular formula is C26H32O4. The van der Waals surface area contributed by atoms with E-state index in [2.05, 4.69) is 47.6 Å². The van der Waals surface area contributed by atoms with Gasteiger partial charge in [-0.05, 0) is 46.9 Å². The molecule has 2 aromatic carbocycles. The van der Waals surface area contributed by atoms with E-state index in [0.717, 1.165) is 29.5 Å². The number of carbonyl (C=O) groups is 2. The largest absolute Gasteiger partial charge is 0.426 e. The SMILES string of the molecule is CCC(C)(C)c1ccc(OC(C)=O)c(C2C(=O)Oc3ccc(C(C)(C)CC)cc32)c1. The summed E-state index contributed by atoms with van der Waals surface area (Å²) in [5.74, 6) is -0.375. The lowest BCUT2D eigenvalue weighted by molar-refractivity contribution is -0.134. The zero-order valence-electron chi connectivity index (χ0n) is 19.1. The Hall–Kier alpha value is -2.62. The summed E-state index contributed by atoms with van der Waals surface area (Å²) in [4.78, 5) is 24.7. The molecule has 1 aliphatic rings. The molecule has 0 N–H and O–H groups in total. The summed E-state index contributed by atoms with van der Waals surface area (Å²) in [5, 5.41) is 0. The lowest BCUT2D eigenvalue weighted by atomic mass is 9.78. The van der Waals surface area contributed by atoms with Crippen LogP contribution in [0.4, 0.5) is 0 Å². The Morgan fingerprint density at radius 2 is 1.47 bits per heavy atom. The summed E-state index contributed by atoms with van der Waals surface area (Å²) in [7, 11) is 0. The van der Waals surface area contributed by atoms with Gasteiger partial charge in [0.05, 0.1) is 0 Å². The number of esters is 2. The highest BCUT2D eigenvalue weighted by Gasteiger charge is 2.38. The molecule has 0 aromatic heterocycles. The summed E-state index contributed by atoms with van der Waals surface area (Å²) in [6, 6.07) is 11.8. The van der Waals surface area contributed by atoms with E-state index in [4.69, 9.17) is 9.47 Å². The molecule has 0 fully saturated rings. The van der Waals surface area contributed by atoms with E-state index in [1.807, 2.05) is 24.3 Å². The Balaban J connectivity index is 2.20. The van der Waals surface area contributed by atoms with Gasteiger partial charge in [0.1, 0.15) is 17.4 Å². The van der Waals surface area contributed by atoms with Crippen LogP contribution < -0.4 is 9.47 Å². The van der Waals surface area contributed by atoms with Gasteiger partial charge in [0.25, 0.3) is 0 Å². The van der Waals surface area contributed by atoms with Crippen LogP contribution in [-0.2, 0) is 20.4 Å². The zero-order valence-corrected chi connectivity index (χ0v) is 19.1. The number of rotatable bonds is 6. The minimum Gasteiger partial charge on any atom is -0.426 e. The standard InChI is InChI=1S/C26H32O4/c1-8-25(4,5)17-10-12-21(29-16(3)27)19(14-17)23-20-15-18(26(6,7)9-2)11-13-22(20)30-24(23)28/h10-15,23H,8-9H2,1-7H3. The summed E-state index contributed by atoms with van der Waals surface area (Å²) in [6.45, 7) is 14.4. The minimum absolute atomic E-state index is 0.0179. The van der Waals surface area contributed by atoms with Crippen molar-refractivity contribution in [1.82, 2.24) is 0 Å². The number of hydrogen-bond donors (Lipinski definition) is 0. The van der Waals surface area contributed by atoms with Crippen LogP contribution in [0.15, 0.2) is 36.4 Å². The highest BCUT2D eigenvalue weighted by Crippen LogP contribution is 2.45. The van der Waals surface area contributed by atoms with Crippen molar-refractivity contribution in [3.63, 3.8) is 0 Å². The van der Waals surface area contributed by atoms with Crippen molar-refractivity contribution in [2.45, 2.75) is 78.1 Å². The van der Waals surface area contributed by atoms with Gasteiger partial charge >= 0.3 is 11.9 Å². The van der Waals surface area contributed by atoms with Gasteiger partial charge in [-0.2, -0.15) is 0 Å².